The van der Waals surface area contributed by atoms with Gasteiger partial charge >= 0.3 is 0 Å². The van der Waals surface area contributed by atoms with E-state index in [1.165, 1.54) is 6.20 Å². The SMILES string of the molecule is CC(C)CCC(C)Nc1nc2[nH]ncc2c(=O)[nH]1. The molecule has 1 unspecified atom stereocenters. The average molecular weight is 249 g/mol. The van der Waals surface area contributed by atoms with Gasteiger partial charge in [0.15, 0.2) is 5.65 Å². The van der Waals surface area contributed by atoms with Crippen LogP contribution in [0.2, 0.25) is 0 Å². The van der Waals surface area contributed by atoms with Crippen molar-refractivity contribution in [2.75, 3.05) is 5.32 Å². The van der Waals surface area contributed by atoms with Gasteiger partial charge in [-0.1, -0.05) is 13.8 Å². The van der Waals surface area contributed by atoms with Crippen molar-refractivity contribution in [1.29, 1.82) is 0 Å². The summed E-state index contributed by atoms with van der Waals surface area (Å²) in [6.45, 7) is 6.48. The highest BCUT2D eigenvalue weighted by Crippen LogP contribution is 2.10. The molecule has 0 fully saturated rings. The van der Waals surface area contributed by atoms with E-state index in [0.29, 0.717) is 22.9 Å². The number of fused-ring (bicyclic) bond motifs is 1. The van der Waals surface area contributed by atoms with Crippen molar-refractivity contribution in [3.8, 4) is 0 Å². The van der Waals surface area contributed by atoms with E-state index >= 15 is 0 Å². The monoisotopic (exact) mass is 249 g/mol. The quantitative estimate of drug-likeness (QED) is 0.755. The molecule has 0 aromatic carbocycles. The first-order valence-corrected chi connectivity index (χ1v) is 6.26. The number of nitrogens with zero attached hydrogens (tertiary/aromatic N) is 2. The van der Waals surface area contributed by atoms with Gasteiger partial charge in [0.25, 0.3) is 5.56 Å². The number of anilines is 1. The summed E-state index contributed by atoms with van der Waals surface area (Å²) in [6, 6.07) is 0.274. The van der Waals surface area contributed by atoms with Gasteiger partial charge in [0.1, 0.15) is 5.39 Å². The topological polar surface area (TPSA) is 86.5 Å². The lowest BCUT2D eigenvalue weighted by Gasteiger charge is -2.15. The van der Waals surface area contributed by atoms with Crippen molar-refractivity contribution in [2.45, 2.75) is 39.7 Å². The van der Waals surface area contributed by atoms with Crippen LogP contribution in [-0.2, 0) is 0 Å². The fourth-order valence-corrected chi connectivity index (χ4v) is 1.80. The Kier molecular flexibility index (Phi) is 3.64. The number of aromatic amines is 2. The predicted molar refractivity (Wildman–Crippen MR) is 71.7 cm³/mol. The van der Waals surface area contributed by atoms with Crippen LogP contribution in [0.4, 0.5) is 5.95 Å². The van der Waals surface area contributed by atoms with Crippen LogP contribution in [0.25, 0.3) is 11.0 Å². The van der Waals surface area contributed by atoms with Gasteiger partial charge in [-0.15, -0.1) is 0 Å². The van der Waals surface area contributed by atoms with Crippen LogP contribution in [0, 0.1) is 5.92 Å². The third-order valence-corrected chi connectivity index (χ3v) is 2.88. The maximum absolute atomic E-state index is 11.7. The molecule has 0 spiro atoms. The Morgan fingerprint density at radius 1 is 1.33 bits per heavy atom. The third-order valence-electron chi connectivity index (χ3n) is 2.88. The van der Waals surface area contributed by atoms with E-state index in [2.05, 4.69) is 46.3 Å². The predicted octanol–water partition coefficient (Wildman–Crippen LogP) is 1.88. The summed E-state index contributed by atoms with van der Waals surface area (Å²) in [5.74, 6) is 1.17. The fraction of sp³-hybridized carbons (Fsp3) is 0.583. The molecule has 98 valence electrons. The molecule has 2 rings (SSSR count). The van der Waals surface area contributed by atoms with E-state index in [4.69, 9.17) is 0 Å². The molecule has 0 bridgehead atoms. The normalized spacial score (nSPS) is 13.1. The van der Waals surface area contributed by atoms with E-state index in [0.717, 1.165) is 12.8 Å². The summed E-state index contributed by atoms with van der Waals surface area (Å²) >= 11 is 0. The van der Waals surface area contributed by atoms with Gasteiger partial charge in [0.05, 0.1) is 6.20 Å². The Morgan fingerprint density at radius 2 is 2.11 bits per heavy atom. The van der Waals surface area contributed by atoms with Gasteiger partial charge in [-0.2, -0.15) is 10.1 Å². The Labute approximate surface area is 105 Å². The van der Waals surface area contributed by atoms with Crippen molar-refractivity contribution in [2.24, 2.45) is 5.92 Å². The van der Waals surface area contributed by atoms with Crippen LogP contribution in [-0.4, -0.2) is 26.2 Å². The van der Waals surface area contributed by atoms with Crippen LogP contribution in [0.1, 0.15) is 33.6 Å². The molecule has 2 aromatic heterocycles. The highest BCUT2D eigenvalue weighted by atomic mass is 16.1. The third kappa shape index (κ3) is 2.88. The second-order valence-corrected chi connectivity index (χ2v) is 5.06. The molecule has 1 atom stereocenters. The maximum Gasteiger partial charge on any atom is 0.263 e. The molecule has 0 amide bonds. The summed E-state index contributed by atoms with van der Waals surface area (Å²) in [5, 5.41) is 10.2. The van der Waals surface area contributed by atoms with Crippen LogP contribution in [0.5, 0.6) is 0 Å². The highest BCUT2D eigenvalue weighted by molar-refractivity contribution is 5.73. The molecule has 2 heterocycles. The fourth-order valence-electron chi connectivity index (χ4n) is 1.80. The first kappa shape index (κ1) is 12.6. The summed E-state index contributed by atoms with van der Waals surface area (Å²) in [4.78, 5) is 18.7. The Balaban J connectivity index is 2.09. The first-order chi connectivity index (χ1) is 8.56. The summed E-state index contributed by atoms with van der Waals surface area (Å²) in [6.07, 6.45) is 3.67. The van der Waals surface area contributed by atoms with Gasteiger partial charge < -0.3 is 5.32 Å². The Morgan fingerprint density at radius 3 is 2.83 bits per heavy atom. The molecule has 0 saturated heterocycles. The number of rotatable bonds is 5. The van der Waals surface area contributed by atoms with Crippen LogP contribution >= 0.6 is 0 Å². The van der Waals surface area contributed by atoms with Gasteiger partial charge in [-0.05, 0) is 25.7 Å². The standard InChI is InChI=1S/C12H19N5O/c1-7(2)4-5-8(3)14-12-15-10-9(6-13-17-10)11(18)16-12/h6-8H,4-5H2,1-3H3,(H3,13,14,15,16,17,18). The Hall–Kier alpha value is -1.85. The second kappa shape index (κ2) is 5.20. The molecule has 0 aliphatic carbocycles. The van der Waals surface area contributed by atoms with Gasteiger partial charge in [-0.25, -0.2) is 0 Å². The van der Waals surface area contributed by atoms with Crippen molar-refractivity contribution in [3.63, 3.8) is 0 Å². The Bertz CT molecular complexity index is 571. The second-order valence-electron chi connectivity index (χ2n) is 5.06. The minimum atomic E-state index is -0.174. The lowest BCUT2D eigenvalue weighted by molar-refractivity contribution is 0.526. The van der Waals surface area contributed by atoms with Crippen LogP contribution in [0.3, 0.4) is 0 Å². The van der Waals surface area contributed by atoms with E-state index in [1.807, 2.05) is 0 Å². The molecule has 3 N–H and O–H groups in total. The molecular formula is C12H19N5O. The van der Waals surface area contributed by atoms with Crippen LogP contribution < -0.4 is 10.9 Å². The highest BCUT2D eigenvalue weighted by Gasteiger charge is 2.08. The number of nitrogens with one attached hydrogen (secondary N) is 3. The largest absolute Gasteiger partial charge is 0.353 e. The average Bonchev–Trinajstić information content (AvgIpc) is 2.75. The maximum atomic E-state index is 11.7. The molecule has 0 radical (unpaired) electrons. The van der Waals surface area contributed by atoms with E-state index < -0.39 is 0 Å². The minimum Gasteiger partial charge on any atom is -0.353 e. The van der Waals surface area contributed by atoms with Gasteiger partial charge in [0, 0.05) is 6.04 Å². The van der Waals surface area contributed by atoms with Crippen molar-refractivity contribution in [1.82, 2.24) is 20.2 Å². The summed E-state index contributed by atoms with van der Waals surface area (Å²) in [5.41, 5.74) is 0.338. The van der Waals surface area contributed by atoms with Gasteiger partial charge in [-0.3, -0.25) is 14.9 Å². The smallest absolute Gasteiger partial charge is 0.263 e. The molecule has 6 nitrogen and oxygen atoms in total. The first-order valence-electron chi connectivity index (χ1n) is 6.26. The summed E-state index contributed by atoms with van der Waals surface area (Å²) in [7, 11) is 0. The number of hydrogen-bond acceptors (Lipinski definition) is 4. The molecular weight excluding hydrogens is 230 g/mol. The molecule has 2 aromatic rings. The van der Waals surface area contributed by atoms with Crippen molar-refractivity contribution >= 4 is 17.0 Å². The lowest BCUT2D eigenvalue weighted by Crippen LogP contribution is -2.20. The van der Waals surface area contributed by atoms with Crippen molar-refractivity contribution < 1.29 is 0 Å². The molecule has 0 aliphatic heterocycles. The zero-order valence-corrected chi connectivity index (χ0v) is 10.9. The molecule has 18 heavy (non-hydrogen) atoms. The summed E-state index contributed by atoms with van der Waals surface area (Å²) < 4.78 is 0. The molecule has 6 heteroatoms. The van der Waals surface area contributed by atoms with Crippen molar-refractivity contribution in [3.05, 3.63) is 16.6 Å². The van der Waals surface area contributed by atoms with Gasteiger partial charge in [0.2, 0.25) is 5.95 Å². The van der Waals surface area contributed by atoms with E-state index in [1.54, 1.807) is 0 Å². The number of hydrogen-bond donors (Lipinski definition) is 3. The molecule has 0 aliphatic rings. The molecule has 0 saturated carbocycles. The van der Waals surface area contributed by atoms with E-state index in [-0.39, 0.29) is 11.6 Å². The van der Waals surface area contributed by atoms with E-state index in [9.17, 15) is 4.79 Å². The zero-order valence-electron chi connectivity index (χ0n) is 10.9. The zero-order chi connectivity index (χ0) is 13.1. The number of H-pyrrole nitrogens is 2. The minimum absolute atomic E-state index is 0.174. The lowest BCUT2D eigenvalue weighted by atomic mass is 10.0. The van der Waals surface area contributed by atoms with Crippen LogP contribution in [0.15, 0.2) is 11.0 Å². The number of aromatic nitrogens is 4.